The lowest BCUT2D eigenvalue weighted by Crippen LogP contribution is -2.45. The molecule has 2 saturated heterocycles. The second-order valence-corrected chi connectivity index (χ2v) is 6.47. The van der Waals surface area contributed by atoms with Gasteiger partial charge in [0.1, 0.15) is 0 Å². The Morgan fingerprint density at radius 1 is 1.11 bits per heavy atom. The quantitative estimate of drug-likeness (QED) is 0.770. The molecule has 3 unspecified atom stereocenters. The lowest BCUT2D eigenvalue weighted by molar-refractivity contribution is 0.0930. The number of ether oxygens (including phenoxy) is 1. The van der Waals surface area contributed by atoms with Crippen LogP contribution in [-0.2, 0) is 4.74 Å². The van der Waals surface area contributed by atoms with E-state index in [0.29, 0.717) is 24.2 Å². The van der Waals surface area contributed by atoms with Crippen LogP contribution in [0.1, 0.15) is 51.4 Å². The number of hydrogen-bond donors (Lipinski definition) is 2. The van der Waals surface area contributed by atoms with Crippen molar-refractivity contribution in [1.29, 1.82) is 0 Å². The summed E-state index contributed by atoms with van der Waals surface area (Å²) in [6.07, 6.45) is 11.4. The zero-order valence-corrected chi connectivity index (χ0v) is 11.8. The molecule has 3 fully saturated rings. The molecule has 3 rings (SSSR count). The van der Waals surface area contributed by atoms with Crippen molar-refractivity contribution < 1.29 is 4.74 Å². The van der Waals surface area contributed by atoms with Crippen molar-refractivity contribution >= 4 is 17.3 Å². The summed E-state index contributed by atoms with van der Waals surface area (Å²) in [6, 6.07) is 0.607. The van der Waals surface area contributed by atoms with E-state index in [0.717, 1.165) is 11.7 Å². The molecule has 3 aliphatic rings. The van der Waals surface area contributed by atoms with Gasteiger partial charge in [0.2, 0.25) is 0 Å². The minimum Gasteiger partial charge on any atom is -0.375 e. The molecule has 1 aliphatic carbocycles. The molecule has 2 N–H and O–H groups in total. The Morgan fingerprint density at radius 3 is 2.61 bits per heavy atom. The molecule has 0 aromatic heterocycles. The van der Waals surface area contributed by atoms with Crippen LogP contribution in [0.25, 0.3) is 0 Å². The minimum atomic E-state index is 0.500. The predicted octanol–water partition coefficient (Wildman–Crippen LogP) is 2.35. The van der Waals surface area contributed by atoms with Crippen molar-refractivity contribution in [2.45, 2.75) is 69.6 Å². The van der Waals surface area contributed by atoms with Crippen LogP contribution in [0.3, 0.4) is 0 Å². The Hall–Kier alpha value is -0.350. The summed E-state index contributed by atoms with van der Waals surface area (Å²) in [4.78, 5) is 0. The van der Waals surface area contributed by atoms with Gasteiger partial charge in [-0.25, -0.2) is 0 Å². The van der Waals surface area contributed by atoms with Crippen LogP contribution < -0.4 is 10.6 Å². The first kappa shape index (κ1) is 12.7. The van der Waals surface area contributed by atoms with Gasteiger partial charge in [-0.15, -0.1) is 0 Å². The van der Waals surface area contributed by atoms with E-state index in [2.05, 4.69) is 10.6 Å². The largest absolute Gasteiger partial charge is 0.375 e. The van der Waals surface area contributed by atoms with E-state index in [1.165, 1.54) is 51.4 Å². The molecule has 2 heterocycles. The fourth-order valence-electron chi connectivity index (χ4n) is 3.67. The van der Waals surface area contributed by atoms with Gasteiger partial charge in [0.05, 0.1) is 12.2 Å². The summed E-state index contributed by atoms with van der Waals surface area (Å²) in [6.45, 7) is 0.986. The Balaban J connectivity index is 1.36. The summed E-state index contributed by atoms with van der Waals surface area (Å²) in [7, 11) is 0. The molecule has 0 aromatic carbocycles. The monoisotopic (exact) mass is 268 g/mol. The number of nitrogens with one attached hydrogen (secondary N) is 2. The first-order chi connectivity index (χ1) is 8.81. The first-order valence-corrected chi connectivity index (χ1v) is 7.92. The van der Waals surface area contributed by atoms with E-state index in [4.69, 9.17) is 17.0 Å². The molecule has 3 nitrogen and oxygen atoms in total. The fraction of sp³-hybridized carbons (Fsp3) is 0.929. The van der Waals surface area contributed by atoms with E-state index >= 15 is 0 Å². The maximum Gasteiger partial charge on any atom is 0.166 e. The molecule has 18 heavy (non-hydrogen) atoms. The van der Waals surface area contributed by atoms with Crippen LogP contribution >= 0.6 is 12.2 Å². The molecular formula is C14H24N2OS. The minimum absolute atomic E-state index is 0.500. The summed E-state index contributed by atoms with van der Waals surface area (Å²) < 4.78 is 5.86. The fourth-order valence-corrected chi connectivity index (χ4v) is 3.92. The van der Waals surface area contributed by atoms with Gasteiger partial charge in [0, 0.05) is 18.5 Å². The normalized spacial score (nSPS) is 35.7. The average Bonchev–Trinajstić information content (AvgIpc) is 3.00. The highest BCUT2D eigenvalue weighted by molar-refractivity contribution is 7.80. The zero-order chi connectivity index (χ0) is 12.4. The third-order valence-corrected chi connectivity index (χ3v) is 4.96. The average molecular weight is 268 g/mol. The summed E-state index contributed by atoms with van der Waals surface area (Å²) >= 11 is 5.39. The number of rotatable bonds is 3. The number of thiocarbonyl (C=S) groups is 1. The first-order valence-electron chi connectivity index (χ1n) is 7.51. The highest BCUT2D eigenvalue weighted by Gasteiger charge is 2.40. The summed E-state index contributed by atoms with van der Waals surface area (Å²) in [5.74, 6) is 0.676. The van der Waals surface area contributed by atoms with Gasteiger partial charge >= 0.3 is 0 Å². The van der Waals surface area contributed by atoms with Crippen LogP contribution in [0, 0.1) is 5.92 Å². The second kappa shape index (κ2) is 5.74. The van der Waals surface area contributed by atoms with Gasteiger partial charge in [-0.2, -0.15) is 0 Å². The van der Waals surface area contributed by atoms with Crippen molar-refractivity contribution in [3.8, 4) is 0 Å². The lowest BCUT2D eigenvalue weighted by Gasteiger charge is -2.26. The van der Waals surface area contributed by atoms with E-state index < -0.39 is 0 Å². The summed E-state index contributed by atoms with van der Waals surface area (Å²) in [5.41, 5.74) is 0. The SMILES string of the molecule is S=C(NCC1CC2CCC1O2)NC1CCCCC1. The summed E-state index contributed by atoms with van der Waals surface area (Å²) in [5, 5.41) is 7.72. The third-order valence-electron chi connectivity index (χ3n) is 4.70. The van der Waals surface area contributed by atoms with Crippen LogP contribution in [0.4, 0.5) is 0 Å². The van der Waals surface area contributed by atoms with Crippen molar-refractivity contribution in [3.05, 3.63) is 0 Å². The standard InChI is InChI=1S/C14H24N2OS/c18-14(16-11-4-2-1-3-5-11)15-9-10-8-12-6-7-13(10)17-12/h10-13H,1-9H2,(H2,15,16,18). The molecule has 0 aromatic rings. The molecule has 2 aliphatic heterocycles. The van der Waals surface area contributed by atoms with Gasteiger partial charge < -0.3 is 15.4 Å². The molecule has 4 heteroatoms. The second-order valence-electron chi connectivity index (χ2n) is 6.06. The smallest absolute Gasteiger partial charge is 0.166 e. The molecule has 0 spiro atoms. The Kier molecular flexibility index (Phi) is 4.04. The maximum absolute atomic E-state index is 5.86. The van der Waals surface area contributed by atoms with Crippen LogP contribution in [0.5, 0.6) is 0 Å². The van der Waals surface area contributed by atoms with Crippen molar-refractivity contribution in [1.82, 2.24) is 10.6 Å². The van der Waals surface area contributed by atoms with Gasteiger partial charge in [0.25, 0.3) is 0 Å². The van der Waals surface area contributed by atoms with Gasteiger partial charge in [-0.05, 0) is 44.3 Å². The van der Waals surface area contributed by atoms with Crippen LogP contribution in [-0.4, -0.2) is 29.9 Å². The topological polar surface area (TPSA) is 33.3 Å². The van der Waals surface area contributed by atoms with Crippen molar-refractivity contribution in [2.24, 2.45) is 5.92 Å². The molecule has 102 valence electrons. The van der Waals surface area contributed by atoms with Crippen LogP contribution in [0.2, 0.25) is 0 Å². The van der Waals surface area contributed by atoms with Gasteiger partial charge in [-0.3, -0.25) is 0 Å². The molecule has 3 atom stereocenters. The highest BCUT2D eigenvalue weighted by atomic mass is 32.1. The molecule has 1 saturated carbocycles. The Morgan fingerprint density at radius 2 is 1.94 bits per heavy atom. The van der Waals surface area contributed by atoms with Gasteiger partial charge in [0.15, 0.2) is 5.11 Å². The molecule has 0 amide bonds. The van der Waals surface area contributed by atoms with E-state index in [9.17, 15) is 0 Å². The van der Waals surface area contributed by atoms with Crippen molar-refractivity contribution in [3.63, 3.8) is 0 Å². The van der Waals surface area contributed by atoms with Crippen LogP contribution in [0.15, 0.2) is 0 Å². The molecule has 0 radical (unpaired) electrons. The zero-order valence-electron chi connectivity index (χ0n) is 11.0. The van der Waals surface area contributed by atoms with Gasteiger partial charge in [-0.1, -0.05) is 19.3 Å². The van der Waals surface area contributed by atoms with E-state index in [1.54, 1.807) is 0 Å². The van der Waals surface area contributed by atoms with Crippen molar-refractivity contribution in [2.75, 3.05) is 6.54 Å². The lowest BCUT2D eigenvalue weighted by atomic mass is 9.89. The number of hydrogen-bond acceptors (Lipinski definition) is 2. The number of fused-ring (bicyclic) bond motifs is 2. The Labute approximate surface area is 115 Å². The highest BCUT2D eigenvalue weighted by Crippen LogP contribution is 2.38. The third kappa shape index (κ3) is 2.97. The Bertz CT molecular complexity index is 304. The molecule has 2 bridgehead atoms. The maximum atomic E-state index is 5.86. The molecular weight excluding hydrogens is 244 g/mol. The predicted molar refractivity (Wildman–Crippen MR) is 76.6 cm³/mol. The van der Waals surface area contributed by atoms with E-state index in [1.807, 2.05) is 0 Å². The van der Waals surface area contributed by atoms with E-state index in [-0.39, 0.29) is 0 Å².